The molecule has 0 aliphatic heterocycles. The summed E-state index contributed by atoms with van der Waals surface area (Å²) in [4.78, 5) is 11.8. The monoisotopic (exact) mass is 324 g/mol. The molecule has 6 heteroatoms. The van der Waals surface area contributed by atoms with Crippen molar-refractivity contribution in [2.24, 2.45) is 0 Å². The van der Waals surface area contributed by atoms with Crippen LogP contribution in [-0.4, -0.2) is 20.9 Å². The van der Waals surface area contributed by atoms with Gasteiger partial charge in [-0.1, -0.05) is 18.5 Å². The fraction of sp³-hybridized carbons (Fsp3) is 0.333. The summed E-state index contributed by atoms with van der Waals surface area (Å²) in [6.07, 6.45) is 0.816. The van der Waals surface area contributed by atoms with Crippen LogP contribution in [0.1, 0.15) is 35.6 Å². The number of carboxylic acids is 1. The van der Waals surface area contributed by atoms with Crippen molar-refractivity contribution < 1.29 is 9.90 Å². The van der Waals surface area contributed by atoms with E-state index in [0.717, 1.165) is 34.3 Å². The van der Waals surface area contributed by atoms with Gasteiger partial charge in [-0.05, 0) is 37.6 Å². The lowest BCUT2D eigenvalue weighted by Gasteiger charge is -2.05. The second kappa shape index (κ2) is 7.00. The van der Waals surface area contributed by atoms with E-state index in [2.05, 4.69) is 5.10 Å². The maximum Gasteiger partial charge on any atom is 0.335 e. The molecule has 0 fully saturated rings. The van der Waals surface area contributed by atoms with E-state index in [1.807, 2.05) is 30.7 Å². The highest BCUT2D eigenvalue weighted by Crippen LogP contribution is 2.29. The van der Waals surface area contributed by atoms with Crippen LogP contribution in [-0.2, 0) is 18.7 Å². The van der Waals surface area contributed by atoms with Crippen molar-refractivity contribution in [1.29, 1.82) is 0 Å². The number of carbonyl (C=O) groups is 1. The zero-order valence-electron chi connectivity index (χ0n) is 12.0. The summed E-state index contributed by atoms with van der Waals surface area (Å²) in [7, 11) is 0. The quantitative estimate of drug-likeness (QED) is 0.812. The average molecular weight is 325 g/mol. The van der Waals surface area contributed by atoms with Crippen LogP contribution in [0.4, 0.5) is 0 Å². The minimum Gasteiger partial charge on any atom is -0.478 e. The molecule has 1 N–H and O–H groups in total. The van der Waals surface area contributed by atoms with E-state index < -0.39 is 5.97 Å². The fourth-order valence-electron chi connectivity index (χ4n) is 2.00. The normalized spacial score (nSPS) is 10.8. The van der Waals surface area contributed by atoms with Crippen LogP contribution in [0, 0.1) is 0 Å². The van der Waals surface area contributed by atoms with Crippen LogP contribution >= 0.6 is 23.4 Å². The van der Waals surface area contributed by atoms with Crippen LogP contribution in [0.5, 0.6) is 0 Å². The first-order valence-corrected chi connectivity index (χ1v) is 8.13. The molecule has 0 radical (unpaired) electrons. The smallest absolute Gasteiger partial charge is 0.335 e. The van der Waals surface area contributed by atoms with Gasteiger partial charge in [0.1, 0.15) is 0 Å². The van der Waals surface area contributed by atoms with Crippen LogP contribution in [0.3, 0.4) is 0 Å². The molecule has 1 heterocycles. The number of halogens is 1. The van der Waals surface area contributed by atoms with E-state index in [1.165, 1.54) is 0 Å². The Balaban J connectivity index is 2.12. The number of rotatable bonds is 6. The van der Waals surface area contributed by atoms with Gasteiger partial charge in [-0.25, -0.2) is 4.79 Å². The van der Waals surface area contributed by atoms with Gasteiger partial charge in [0.05, 0.1) is 22.0 Å². The number of nitrogens with zero attached hydrogens (tertiary/aromatic N) is 2. The van der Waals surface area contributed by atoms with E-state index in [1.54, 1.807) is 23.9 Å². The zero-order valence-corrected chi connectivity index (χ0v) is 13.5. The Bertz CT molecular complexity index is 638. The summed E-state index contributed by atoms with van der Waals surface area (Å²) < 4.78 is 1.93. The highest BCUT2D eigenvalue weighted by Gasteiger charge is 2.14. The van der Waals surface area contributed by atoms with Crippen molar-refractivity contribution in [2.75, 3.05) is 0 Å². The highest BCUT2D eigenvalue weighted by atomic mass is 35.5. The molecule has 0 saturated carbocycles. The van der Waals surface area contributed by atoms with Gasteiger partial charge in [-0.15, -0.1) is 11.8 Å². The lowest BCUT2D eigenvalue weighted by atomic mass is 10.2. The minimum atomic E-state index is -0.911. The average Bonchev–Trinajstić information content (AvgIpc) is 2.81. The van der Waals surface area contributed by atoms with Gasteiger partial charge < -0.3 is 5.11 Å². The summed E-state index contributed by atoms with van der Waals surface area (Å²) in [6, 6.07) is 6.85. The number of aromatic nitrogens is 2. The van der Waals surface area contributed by atoms with Crippen LogP contribution in [0.2, 0.25) is 5.02 Å². The lowest BCUT2D eigenvalue weighted by Crippen LogP contribution is -2.02. The first-order valence-electron chi connectivity index (χ1n) is 6.77. The number of hydrogen-bond acceptors (Lipinski definition) is 3. The number of benzene rings is 1. The zero-order chi connectivity index (χ0) is 15.4. The SMILES string of the molecule is CCc1nn(CC)c(CSc2ccc(C(=O)O)cc2)c1Cl. The Morgan fingerprint density at radius 2 is 2.00 bits per heavy atom. The van der Waals surface area contributed by atoms with Crippen molar-refractivity contribution in [1.82, 2.24) is 9.78 Å². The van der Waals surface area contributed by atoms with Crippen LogP contribution in [0.15, 0.2) is 29.2 Å². The van der Waals surface area contributed by atoms with Gasteiger partial charge in [0.15, 0.2) is 0 Å². The highest BCUT2D eigenvalue weighted by molar-refractivity contribution is 7.98. The number of carboxylic acid groups (broad SMARTS) is 1. The number of aromatic carboxylic acids is 1. The van der Waals surface area contributed by atoms with Gasteiger partial charge in [0.25, 0.3) is 0 Å². The third kappa shape index (κ3) is 3.60. The molecule has 4 nitrogen and oxygen atoms in total. The van der Waals surface area contributed by atoms with Crippen molar-refractivity contribution in [3.8, 4) is 0 Å². The molecule has 21 heavy (non-hydrogen) atoms. The van der Waals surface area contributed by atoms with Crippen molar-refractivity contribution in [2.45, 2.75) is 37.5 Å². The Morgan fingerprint density at radius 1 is 1.33 bits per heavy atom. The maximum atomic E-state index is 10.8. The molecule has 0 atom stereocenters. The fourth-order valence-corrected chi connectivity index (χ4v) is 3.34. The van der Waals surface area contributed by atoms with Crippen LogP contribution in [0.25, 0.3) is 0 Å². The summed E-state index contributed by atoms with van der Waals surface area (Å²) >= 11 is 7.99. The standard InChI is InChI=1S/C15H17ClN2O2S/c1-3-12-14(16)13(18(4-2)17-12)9-21-11-7-5-10(6-8-11)15(19)20/h5-8H,3-4,9H2,1-2H3,(H,19,20). The molecule has 1 aromatic heterocycles. The van der Waals surface area contributed by atoms with Gasteiger partial charge in [0.2, 0.25) is 0 Å². The third-order valence-corrected chi connectivity index (χ3v) is 4.63. The second-order valence-corrected chi connectivity index (χ2v) is 5.92. The van der Waals surface area contributed by atoms with Crippen molar-refractivity contribution in [3.63, 3.8) is 0 Å². The Labute approximate surface area is 133 Å². The molecule has 112 valence electrons. The minimum absolute atomic E-state index is 0.296. The maximum absolute atomic E-state index is 10.8. The second-order valence-electron chi connectivity index (χ2n) is 4.49. The van der Waals surface area contributed by atoms with E-state index >= 15 is 0 Å². The molecule has 0 spiro atoms. The number of aryl methyl sites for hydroxylation is 2. The van der Waals surface area contributed by atoms with Gasteiger partial charge in [0, 0.05) is 17.2 Å². The molecule has 1 aromatic carbocycles. The molecule has 2 rings (SSSR count). The third-order valence-electron chi connectivity index (χ3n) is 3.17. The van der Waals surface area contributed by atoms with Gasteiger partial charge >= 0.3 is 5.97 Å². The van der Waals surface area contributed by atoms with Crippen LogP contribution < -0.4 is 0 Å². The molecule has 0 aliphatic carbocycles. The van der Waals surface area contributed by atoms with Crippen molar-refractivity contribution in [3.05, 3.63) is 46.2 Å². The Morgan fingerprint density at radius 3 is 2.52 bits per heavy atom. The van der Waals surface area contributed by atoms with Gasteiger partial charge in [-0.2, -0.15) is 5.10 Å². The topological polar surface area (TPSA) is 55.1 Å². The molecule has 2 aromatic rings. The first kappa shape index (κ1) is 15.9. The number of thioether (sulfide) groups is 1. The van der Waals surface area contributed by atoms with E-state index in [0.29, 0.717) is 11.3 Å². The van der Waals surface area contributed by atoms with Crippen molar-refractivity contribution >= 4 is 29.3 Å². The Kier molecular flexibility index (Phi) is 5.31. The summed E-state index contributed by atoms with van der Waals surface area (Å²) in [5.41, 5.74) is 2.24. The largest absolute Gasteiger partial charge is 0.478 e. The lowest BCUT2D eigenvalue weighted by molar-refractivity contribution is 0.0697. The molecule has 0 aliphatic rings. The van der Waals surface area contributed by atoms with E-state index in [-0.39, 0.29) is 0 Å². The first-order chi connectivity index (χ1) is 10.1. The summed E-state index contributed by atoms with van der Waals surface area (Å²) in [5, 5.41) is 14.1. The summed E-state index contributed by atoms with van der Waals surface area (Å²) in [5.74, 6) is -0.197. The number of hydrogen-bond donors (Lipinski definition) is 1. The van der Waals surface area contributed by atoms with E-state index in [9.17, 15) is 4.79 Å². The molecule has 0 amide bonds. The Hall–Kier alpha value is -1.46. The summed E-state index contributed by atoms with van der Waals surface area (Å²) in [6.45, 7) is 4.86. The molecular formula is C15H17ClN2O2S. The predicted octanol–water partition coefficient (Wildman–Crippen LogP) is 4.11. The molecule has 0 saturated heterocycles. The molecule has 0 unspecified atom stereocenters. The molecule has 0 bridgehead atoms. The van der Waals surface area contributed by atoms with E-state index in [4.69, 9.17) is 16.7 Å². The predicted molar refractivity (Wildman–Crippen MR) is 85.3 cm³/mol. The van der Waals surface area contributed by atoms with Gasteiger partial charge in [-0.3, -0.25) is 4.68 Å². The molecular weight excluding hydrogens is 308 g/mol.